The Morgan fingerprint density at radius 2 is 2.20 bits per heavy atom. The Balaban J connectivity index is 2.94. The summed E-state index contributed by atoms with van der Waals surface area (Å²) >= 11 is 1.19. The molecule has 0 bridgehead atoms. The summed E-state index contributed by atoms with van der Waals surface area (Å²) in [6.45, 7) is 8.16. The third-order valence-corrected chi connectivity index (χ3v) is 3.71. The fourth-order valence-electron chi connectivity index (χ4n) is 1.78. The van der Waals surface area contributed by atoms with Gasteiger partial charge in [-0.15, -0.1) is 10.2 Å². The molecule has 0 aliphatic rings. The van der Waals surface area contributed by atoms with Crippen molar-refractivity contribution in [1.29, 1.82) is 0 Å². The summed E-state index contributed by atoms with van der Waals surface area (Å²) in [4.78, 5) is 12.8. The predicted octanol–water partition coefficient (Wildman–Crippen LogP) is 1.34. The Labute approximate surface area is 123 Å². The van der Waals surface area contributed by atoms with Crippen LogP contribution in [0.15, 0.2) is 5.16 Å². The molecular weight excluding hydrogens is 280 g/mol. The van der Waals surface area contributed by atoms with Gasteiger partial charge in [0.2, 0.25) is 5.95 Å². The van der Waals surface area contributed by atoms with Gasteiger partial charge in [-0.3, -0.25) is 9.36 Å². The topological polar surface area (TPSA) is 80.5 Å². The zero-order chi connectivity index (χ0) is 15.1. The standard InChI is InChI=1S/C12H22N4O3S/c1-5-15-11(16(9(2)3)6-7-19-4)13-14-12(15)20-8-10(17)18/h9H,5-8H2,1-4H3,(H,17,18). The minimum Gasteiger partial charge on any atom is -0.481 e. The van der Waals surface area contributed by atoms with Crippen molar-refractivity contribution in [2.75, 3.05) is 30.9 Å². The number of aliphatic carboxylic acids is 1. The molecule has 0 aliphatic heterocycles. The summed E-state index contributed by atoms with van der Waals surface area (Å²) in [5, 5.41) is 17.7. The lowest BCUT2D eigenvalue weighted by Gasteiger charge is -2.27. The van der Waals surface area contributed by atoms with E-state index in [1.807, 2.05) is 11.5 Å². The number of anilines is 1. The molecule has 0 aliphatic carbocycles. The molecule has 8 heteroatoms. The van der Waals surface area contributed by atoms with Crippen molar-refractivity contribution in [3.63, 3.8) is 0 Å². The molecule has 20 heavy (non-hydrogen) atoms. The Kier molecular flexibility index (Phi) is 6.80. The summed E-state index contributed by atoms with van der Waals surface area (Å²) in [5.41, 5.74) is 0. The van der Waals surface area contributed by atoms with Crippen LogP contribution in [0.4, 0.5) is 5.95 Å². The highest BCUT2D eigenvalue weighted by Gasteiger charge is 2.20. The number of ether oxygens (including phenoxy) is 1. The number of methoxy groups -OCH3 is 1. The summed E-state index contributed by atoms with van der Waals surface area (Å²) in [5.74, 6) is -0.118. The molecule has 1 heterocycles. The first-order chi connectivity index (χ1) is 9.51. The maximum Gasteiger partial charge on any atom is 0.313 e. The number of nitrogens with zero attached hydrogens (tertiary/aromatic N) is 4. The monoisotopic (exact) mass is 302 g/mol. The van der Waals surface area contributed by atoms with E-state index < -0.39 is 5.97 Å². The molecule has 1 aromatic rings. The maximum absolute atomic E-state index is 10.7. The minimum atomic E-state index is -0.859. The van der Waals surface area contributed by atoms with Gasteiger partial charge >= 0.3 is 5.97 Å². The highest BCUT2D eigenvalue weighted by atomic mass is 32.2. The summed E-state index contributed by atoms with van der Waals surface area (Å²) in [7, 11) is 1.66. The van der Waals surface area contributed by atoms with E-state index in [2.05, 4.69) is 28.9 Å². The van der Waals surface area contributed by atoms with Gasteiger partial charge in [-0.25, -0.2) is 0 Å². The van der Waals surface area contributed by atoms with Crippen molar-refractivity contribution in [3.8, 4) is 0 Å². The molecule has 0 amide bonds. The van der Waals surface area contributed by atoms with Crippen LogP contribution in [-0.4, -0.2) is 57.9 Å². The highest BCUT2D eigenvalue weighted by Crippen LogP contribution is 2.23. The fourth-order valence-corrected chi connectivity index (χ4v) is 2.50. The number of hydrogen-bond acceptors (Lipinski definition) is 6. The number of thioether (sulfide) groups is 1. The smallest absolute Gasteiger partial charge is 0.313 e. The Bertz CT molecular complexity index is 436. The zero-order valence-electron chi connectivity index (χ0n) is 12.4. The Morgan fingerprint density at radius 3 is 2.70 bits per heavy atom. The van der Waals surface area contributed by atoms with Crippen LogP contribution in [0.5, 0.6) is 0 Å². The first-order valence-electron chi connectivity index (χ1n) is 6.54. The van der Waals surface area contributed by atoms with E-state index in [0.29, 0.717) is 18.3 Å². The van der Waals surface area contributed by atoms with Gasteiger partial charge in [0.15, 0.2) is 5.16 Å². The third kappa shape index (κ3) is 4.38. The maximum atomic E-state index is 10.7. The van der Waals surface area contributed by atoms with Gasteiger partial charge in [0.25, 0.3) is 0 Å². The van der Waals surface area contributed by atoms with E-state index in [9.17, 15) is 4.79 Å². The van der Waals surface area contributed by atoms with E-state index in [-0.39, 0.29) is 11.8 Å². The molecular formula is C12H22N4O3S. The molecule has 1 rings (SSSR count). The van der Waals surface area contributed by atoms with Crippen LogP contribution in [0.2, 0.25) is 0 Å². The van der Waals surface area contributed by atoms with Crippen LogP contribution in [0, 0.1) is 0 Å². The minimum absolute atomic E-state index is 0.0160. The van der Waals surface area contributed by atoms with Gasteiger partial charge < -0.3 is 14.7 Å². The van der Waals surface area contributed by atoms with Gasteiger partial charge in [0.1, 0.15) is 0 Å². The van der Waals surface area contributed by atoms with E-state index in [1.54, 1.807) is 7.11 Å². The van der Waals surface area contributed by atoms with Gasteiger partial charge in [0, 0.05) is 26.2 Å². The molecule has 0 spiro atoms. The number of carbonyl (C=O) groups is 1. The molecule has 0 saturated heterocycles. The van der Waals surface area contributed by atoms with Crippen LogP contribution in [-0.2, 0) is 16.1 Å². The summed E-state index contributed by atoms with van der Waals surface area (Å²) < 4.78 is 7.06. The molecule has 0 saturated carbocycles. The third-order valence-electron chi connectivity index (χ3n) is 2.75. The van der Waals surface area contributed by atoms with Gasteiger partial charge in [-0.05, 0) is 20.8 Å². The first-order valence-corrected chi connectivity index (χ1v) is 7.53. The second kappa shape index (κ2) is 8.11. The normalized spacial score (nSPS) is 11.1. The molecule has 0 radical (unpaired) electrons. The van der Waals surface area contributed by atoms with Crippen LogP contribution < -0.4 is 4.90 Å². The van der Waals surface area contributed by atoms with Crippen molar-refractivity contribution < 1.29 is 14.6 Å². The van der Waals surface area contributed by atoms with Crippen LogP contribution in [0.1, 0.15) is 20.8 Å². The highest BCUT2D eigenvalue weighted by molar-refractivity contribution is 7.99. The summed E-state index contributed by atoms with van der Waals surface area (Å²) in [6.07, 6.45) is 0. The Morgan fingerprint density at radius 1 is 1.50 bits per heavy atom. The first kappa shape index (κ1) is 16.8. The molecule has 0 fully saturated rings. The molecule has 1 aromatic heterocycles. The zero-order valence-corrected chi connectivity index (χ0v) is 13.2. The molecule has 114 valence electrons. The fraction of sp³-hybridized carbons (Fsp3) is 0.750. The molecule has 0 unspecified atom stereocenters. The van der Waals surface area contributed by atoms with Crippen LogP contribution in [0.3, 0.4) is 0 Å². The number of hydrogen-bond donors (Lipinski definition) is 1. The second-order valence-electron chi connectivity index (χ2n) is 4.49. The van der Waals surface area contributed by atoms with Gasteiger partial charge in [-0.1, -0.05) is 11.8 Å². The van der Waals surface area contributed by atoms with E-state index in [1.165, 1.54) is 11.8 Å². The Hall–Kier alpha value is -1.28. The van der Waals surface area contributed by atoms with Crippen LogP contribution >= 0.6 is 11.8 Å². The number of aromatic nitrogens is 3. The molecule has 7 nitrogen and oxygen atoms in total. The molecule has 0 atom stereocenters. The van der Waals surface area contributed by atoms with Crippen molar-refractivity contribution >= 4 is 23.7 Å². The number of carboxylic acid groups (broad SMARTS) is 1. The number of rotatable bonds is 9. The lowest BCUT2D eigenvalue weighted by molar-refractivity contribution is -0.133. The van der Waals surface area contributed by atoms with Gasteiger partial charge in [-0.2, -0.15) is 0 Å². The lowest BCUT2D eigenvalue weighted by atomic mass is 10.3. The van der Waals surface area contributed by atoms with Crippen molar-refractivity contribution in [1.82, 2.24) is 14.8 Å². The summed E-state index contributed by atoms with van der Waals surface area (Å²) in [6, 6.07) is 0.261. The van der Waals surface area contributed by atoms with Crippen molar-refractivity contribution in [2.45, 2.75) is 38.5 Å². The largest absolute Gasteiger partial charge is 0.481 e. The van der Waals surface area contributed by atoms with Crippen LogP contribution in [0.25, 0.3) is 0 Å². The predicted molar refractivity (Wildman–Crippen MR) is 78.4 cm³/mol. The molecule has 0 aromatic carbocycles. The van der Waals surface area contributed by atoms with E-state index in [4.69, 9.17) is 9.84 Å². The lowest BCUT2D eigenvalue weighted by Crippen LogP contribution is -2.36. The van der Waals surface area contributed by atoms with Gasteiger partial charge in [0.05, 0.1) is 12.4 Å². The average molecular weight is 302 g/mol. The average Bonchev–Trinajstić information content (AvgIpc) is 2.79. The molecule has 1 N–H and O–H groups in total. The quantitative estimate of drug-likeness (QED) is 0.689. The number of carboxylic acids is 1. The van der Waals surface area contributed by atoms with E-state index in [0.717, 1.165) is 12.5 Å². The SMILES string of the molecule is CCn1c(SCC(=O)O)nnc1N(CCOC)C(C)C. The second-order valence-corrected chi connectivity index (χ2v) is 5.43. The van der Waals surface area contributed by atoms with E-state index >= 15 is 0 Å². The van der Waals surface area contributed by atoms with Crippen molar-refractivity contribution in [2.24, 2.45) is 0 Å². The van der Waals surface area contributed by atoms with Crippen molar-refractivity contribution in [3.05, 3.63) is 0 Å².